The van der Waals surface area contributed by atoms with Crippen molar-refractivity contribution in [2.75, 3.05) is 5.32 Å². The summed E-state index contributed by atoms with van der Waals surface area (Å²) in [5.74, 6) is -0.950. The molecular weight excluding hydrogens is 264 g/mol. The van der Waals surface area contributed by atoms with E-state index < -0.39 is 5.97 Å². The first-order valence-electron chi connectivity index (χ1n) is 6.99. The van der Waals surface area contributed by atoms with Crippen LogP contribution in [0.1, 0.15) is 34.2 Å². The van der Waals surface area contributed by atoms with Crippen molar-refractivity contribution in [3.05, 3.63) is 58.9 Å². The Bertz CT molecular complexity index is 639. The molecule has 2 N–H and O–H groups in total. The number of rotatable bonds is 5. The largest absolute Gasteiger partial charge is 0.478 e. The van der Waals surface area contributed by atoms with Crippen LogP contribution in [0, 0.1) is 13.8 Å². The molecule has 110 valence electrons. The molecule has 2 aromatic rings. The lowest BCUT2D eigenvalue weighted by atomic mass is 10.1. The number of hydrogen-bond donors (Lipinski definition) is 2. The van der Waals surface area contributed by atoms with Crippen LogP contribution in [0.5, 0.6) is 0 Å². The Morgan fingerprint density at radius 2 is 1.95 bits per heavy atom. The molecule has 0 fully saturated rings. The molecule has 1 heterocycles. The summed E-state index contributed by atoms with van der Waals surface area (Å²) in [5.41, 5.74) is 3.46. The van der Waals surface area contributed by atoms with Gasteiger partial charge in [0.2, 0.25) is 0 Å². The van der Waals surface area contributed by atoms with E-state index in [1.165, 1.54) is 5.56 Å². The predicted molar refractivity (Wildman–Crippen MR) is 83.9 cm³/mol. The predicted octanol–water partition coefficient (Wildman–Crippen LogP) is 3.44. The number of hydrogen-bond acceptors (Lipinski definition) is 3. The lowest BCUT2D eigenvalue weighted by Crippen LogP contribution is -2.21. The highest BCUT2D eigenvalue weighted by atomic mass is 16.4. The van der Waals surface area contributed by atoms with Gasteiger partial charge < -0.3 is 10.4 Å². The van der Waals surface area contributed by atoms with Crippen LogP contribution in [0.2, 0.25) is 0 Å². The lowest BCUT2D eigenvalue weighted by molar-refractivity contribution is 0.0696. The number of anilines is 1. The summed E-state index contributed by atoms with van der Waals surface area (Å²) in [7, 11) is 0. The molecule has 21 heavy (non-hydrogen) atoms. The fourth-order valence-corrected chi connectivity index (χ4v) is 2.50. The third-order valence-electron chi connectivity index (χ3n) is 3.33. The van der Waals surface area contributed by atoms with Crippen molar-refractivity contribution < 1.29 is 9.90 Å². The Morgan fingerprint density at radius 1 is 1.29 bits per heavy atom. The molecule has 1 aromatic heterocycles. The van der Waals surface area contributed by atoms with E-state index in [4.69, 9.17) is 0 Å². The molecule has 0 saturated heterocycles. The average Bonchev–Trinajstić information content (AvgIpc) is 2.38. The van der Waals surface area contributed by atoms with Crippen LogP contribution in [-0.4, -0.2) is 22.1 Å². The summed E-state index contributed by atoms with van der Waals surface area (Å²) in [6.45, 7) is 5.64. The Labute approximate surface area is 124 Å². The molecule has 0 spiro atoms. The summed E-state index contributed by atoms with van der Waals surface area (Å²) >= 11 is 0. The van der Waals surface area contributed by atoms with Crippen molar-refractivity contribution in [1.29, 1.82) is 0 Å². The second-order valence-corrected chi connectivity index (χ2v) is 5.31. The van der Waals surface area contributed by atoms with Gasteiger partial charge in [-0.25, -0.2) is 4.79 Å². The van der Waals surface area contributed by atoms with Gasteiger partial charge in [0.25, 0.3) is 0 Å². The second-order valence-electron chi connectivity index (χ2n) is 5.31. The summed E-state index contributed by atoms with van der Waals surface area (Å²) in [4.78, 5) is 15.6. The monoisotopic (exact) mass is 284 g/mol. The molecule has 4 heteroatoms. The van der Waals surface area contributed by atoms with Gasteiger partial charge in [-0.3, -0.25) is 4.98 Å². The number of benzene rings is 1. The molecular formula is C17H20N2O2. The van der Waals surface area contributed by atoms with Crippen molar-refractivity contribution in [3.8, 4) is 0 Å². The topological polar surface area (TPSA) is 62.2 Å². The highest BCUT2D eigenvalue weighted by Crippen LogP contribution is 2.21. The Hall–Kier alpha value is -2.36. The number of nitrogens with one attached hydrogen (secondary N) is 1. The van der Waals surface area contributed by atoms with Crippen LogP contribution in [-0.2, 0) is 6.42 Å². The van der Waals surface area contributed by atoms with E-state index in [-0.39, 0.29) is 11.6 Å². The van der Waals surface area contributed by atoms with E-state index in [9.17, 15) is 9.90 Å². The van der Waals surface area contributed by atoms with E-state index >= 15 is 0 Å². The third kappa shape index (κ3) is 3.81. The van der Waals surface area contributed by atoms with Gasteiger partial charge >= 0.3 is 5.97 Å². The van der Waals surface area contributed by atoms with Crippen molar-refractivity contribution in [2.45, 2.75) is 33.2 Å². The number of carboxylic acid groups (broad SMARTS) is 1. The first-order chi connectivity index (χ1) is 9.97. The average molecular weight is 284 g/mol. The minimum atomic E-state index is -0.950. The van der Waals surface area contributed by atoms with E-state index in [0.717, 1.165) is 12.1 Å². The number of aromatic carboxylic acids is 1. The quantitative estimate of drug-likeness (QED) is 0.883. The molecule has 1 atom stereocenters. The van der Waals surface area contributed by atoms with Crippen LogP contribution in [0.3, 0.4) is 0 Å². The Kier molecular flexibility index (Phi) is 4.58. The molecule has 4 nitrogen and oxygen atoms in total. The van der Waals surface area contributed by atoms with Gasteiger partial charge in [0, 0.05) is 11.7 Å². The van der Waals surface area contributed by atoms with Gasteiger partial charge in [-0.05, 0) is 38.8 Å². The summed E-state index contributed by atoms with van der Waals surface area (Å²) in [6.07, 6.45) is 0.834. The minimum Gasteiger partial charge on any atom is -0.478 e. The van der Waals surface area contributed by atoms with Crippen LogP contribution in [0.4, 0.5) is 5.69 Å². The molecule has 0 amide bonds. The third-order valence-corrected chi connectivity index (χ3v) is 3.33. The van der Waals surface area contributed by atoms with Crippen LogP contribution >= 0.6 is 0 Å². The number of carbonyl (C=O) groups is 1. The van der Waals surface area contributed by atoms with Gasteiger partial charge in [0.05, 0.1) is 11.4 Å². The minimum absolute atomic E-state index is 0.131. The first-order valence-corrected chi connectivity index (χ1v) is 6.99. The molecule has 0 aliphatic heterocycles. The standard InChI is InChI=1S/C17H20N2O2/c1-11(9-14-7-5-4-6-8-14)19-15-10-12(2)18-13(3)16(15)17(20)21/h4-8,10-11H,9H2,1-3H3,(H,18,19)(H,20,21). The molecule has 0 aliphatic carbocycles. The maximum atomic E-state index is 11.4. The highest BCUT2D eigenvalue weighted by Gasteiger charge is 2.16. The maximum absolute atomic E-state index is 11.4. The summed E-state index contributed by atoms with van der Waals surface area (Å²) in [6, 6.07) is 12.1. The van der Waals surface area contributed by atoms with Gasteiger partial charge in [-0.15, -0.1) is 0 Å². The SMILES string of the molecule is Cc1cc(NC(C)Cc2ccccc2)c(C(=O)O)c(C)n1. The zero-order valence-electron chi connectivity index (χ0n) is 12.6. The van der Waals surface area contributed by atoms with Crippen LogP contribution < -0.4 is 5.32 Å². The Morgan fingerprint density at radius 3 is 2.57 bits per heavy atom. The number of nitrogens with zero attached hydrogens (tertiary/aromatic N) is 1. The Balaban J connectivity index is 2.20. The van der Waals surface area contributed by atoms with Crippen molar-refractivity contribution in [3.63, 3.8) is 0 Å². The van der Waals surface area contributed by atoms with Gasteiger partial charge in [0.15, 0.2) is 0 Å². The number of carboxylic acids is 1. The first kappa shape index (κ1) is 15.0. The van der Waals surface area contributed by atoms with Crippen molar-refractivity contribution >= 4 is 11.7 Å². The van der Waals surface area contributed by atoms with E-state index in [1.807, 2.05) is 32.0 Å². The normalized spacial score (nSPS) is 12.0. The molecule has 2 rings (SSSR count). The van der Waals surface area contributed by atoms with Crippen LogP contribution in [0.25, 0.3) is 0 Å². The zero-order chi connectivity index (χ0) is 15.4. The van der Waals surface area contributed by atoms with Crippen molar-refractivity contribution in [2.24, 2.45) is 0 Å². The van der Waals surface area contributed by atoms with E-state index in [2.05, 4.69) is 22.4 Å². The molecule has 0 saturated carbocycles. The fourth-order valence-electron chi connectivity index (χ4n) is 2.50. The van der Waals surface area contributed by atoms with Gasteiger partial charge in [-0.1, -0.05) is 30.3 Å². The van der Waals surface area contributed by atoms with E-state index in [0.29, 0.717) is 11.4 Å². The van der Waals surface area contributed by atoms with Gasteiger partial charge in [0.1, 0.15) is 5.56 Å². The highest BCUT2D eigenvalue weighted by molar-refractivity contribution is 5.95. The smallest absolute Gasteiger partial charge is 0.339 e. The summed E-state index contributed by atoms with van der Waals surface area (Å²) < 4.78 is 0. The number of aromatic nitrogens is 1. The maximum Gasteiger partial charge on any atom is 0.339 e. The van der Waals surface area contributed by atoms with E-state index in [1.54, 1.807) is 13.0 Å². The fraction of sp³-hybridized carbons (Fsp3) is 0.294. The molecule has 0 bridgehead atoms. The van der Waals surface area contributed by atoms with Crippen molar-refractivity contribution in [1.82, 2.24) is 4.98 Å². The number of pyridine rings is 1. The molecule has 1 aromatic carbocycles. The molecule has 0 radical (unpaired) electrons. The van der Waals surface area contributed by atoms with Crippen LogP contribution in [0.15, 0.2) is 36.4 Å². The lowest BCUT2D eigenvalue weighted by Gasteiger charge is -2.18. The number of aryl methyl sites for hydroxylation is 2. The van der Waals surface area contributed by atoms with Gasteiger partial charge in [-0.2, -0.15) is 0 Å². The molecule has 1 unspecified atom stereocenters. The molecule has 0 aliphatic rings. The zero-order valence-corrected chi connectivity index (χ0v) is 12.6. The second kappa shape index (κ2) is 6.39. The summed E-state index contributed by atoms with van der Waals surface area (Å²) in [5, 5.41) is 12.7.